The Morgan fingerprint density at radius 3 is 2.71 bits per heavy atom. The summed E-state index contributed by atoms with van der Waals surface area (Å²) in [5.41, 5.74) is 6.22. The van der Waals surface area contributed by atoms with E-state index >= 15 is 0 Å². The Morgan fingerprint density at radius 1 is 1.33 bits per heavy atom. The van der Waals surface area contributed by atoms with E-state index in [9.17, 15) is 9.18 Å². The van der Waals surface area contributed by atoms with Gasteiger partial charge in [0.2, 0.25) is 0 Å². The zero-order chi connectivity index (χ0) is 15.1. The predicted molar refractivity (Wildman–Crippen MR) is 81.4 cm³/mol. The molecule has 2 amide bonds. The molecule has 1 heterocycles. The van der Waals surface area contributed by atoms with Crippen molar-refractivity contribution in [2.75, 3.05) is 13.1 Å². The van der Waals surface area contributed by atoms with Gasteiger partial charge in [0.25, 0.3) is 0 Å². The van der Waals surface area contributed by atoms with Gasteiger partial charge in [0, 0.05) is 12.6 Å². The number of primary amides is 1. The lowest BCUT2D eigenvalue weighted by Gasteiger charge is -2.30. The molecule has 0 aliphatic carbocycles. The van der Waals surface area contributed by atoms with Gasteiger partial charge >= 0.3 is 6.03 Å². The minimum absolute atomic E-state index is 0.176. The van der Waals surface area contributed by atoms with E-state index in [4.69, 9.17) is 5.73 Å². The van der Waals surface area contributed by atoms with Crippen molar-refractivity contribution >= 4 is 6.03 Å². The average molecular weight is 293 g/mol. The van der Waals surface area contributed by atoms with Crippen LogP contribution in [0.4, 0.5) is 9.18 Å². The maximum absolute atomic E-state index is 12.9. The number of nitrogens with one attached hydrogen (secondary N) is 2. The molecule has 21 heavy (non-hydrogen) atoms. The number of hydrogen-bond acceptors (Lipinski definition) is 2. The van der Waals surface area contributed by atoms with E-state index in [1.165, 1.54) is 24.1 Å². The number of urea groups is 1. The minimum atomic E-state index is -0.453. The summed E-state index contributed by atoms with van der Waals surface area (Å²) >= 11 is 0. The zero-order valence-corrected chi connectivity index (χ0v) is 12.3. The number of carbonyl (C=O) groups excluding carboxylic acids is 1. The summed E-state index contributed by atoms with van der Waals surface area (Å²) in [6.07, 6.45) is 5.36. The molecule has 0 radical (unpaired) electrons. The summed E-state index contributed by atoms with van der Waals surface area (Å²) in [4.78, 5) is 10.6. The smallest absolute Gasteiger partial charge is 0.312 e. The van der Waals surface area contributed by atoms with E-state index in [1.54, 1.807) is 0 Å². The SMILES string of the molecule is NC(=O)NCCCC1CCC(Cc2ccc(F)cc2)CN1. The summed E-state index contributed by atoms with van der Waals surface area (Å²) in [5.74, 6) is 0.445. The number of amides is 2. The molecule has 0 aromatic heterocycles. The molecule has 1 aromatic carbocycles. The van der Waals surface area contributed by atoms with E-state index in [0.29, 0.717) is 18.5 Å². The third-order valence-electron chi connectivity index (χ3n) is 4.08. The number of halogens is 1. The third-order valence-corrected chi connectivity index (χ3v) is 4.08. The van der Waals surface area contributed by atoms with Crippen LogP contribution in [0.25, 0.3) is 0 Å². The van der Waals surface area contributed by atoms with Crippen molar-refractivity contribution in [2.45, 2.75) is 38.1 Å². The first-order valence-electron chi connectivity index (χ1n) is 7.64. The van der Waals surface area contributed by atoms with Crippen molar-refractivity contribution in [3.05, 3.63) is 35.6 Å². The number of carbonyl (C=O) groups is 1. The number of piperidine rings is 1. The molecule has 2 atom stereocenters. The Labute approximate surface area is 125 Å². The molecule has 4 N–H and O–H groups in total. The second-order valence-electron chi connectivity index (χ2n) is 5.81. The van der Waals surface area contributed by atoms with Gasteiger partial charge in [0.15, 0.2) is 0 Å². The molecule has 4 nitrogen and oxygen atoms in total. The molecule has 1 aromatic rings. The van der Waals surface area contributed by atoms with Gasteiger partial charge in [0.05, 0.1) is 0 Å². The Balaban J connectivity index is 1.64. The minimum Gasteiger partial charge on any atom is -0.352 e. The lowest BCUT2D eigenvalue weighted by molar-refractivity contribution is 0.248. The lowest BCUT2D eigenvalue weighted by Crippen LogP contribution is -2.40. The van der Waals surface area contributed by atoms with Crippen LogP contribution in [0.5, 0.6) is 0 Å². The van der Waals surface area contributed by atoms with Gasteiger partial charge in [-0.3, -0.25) is 0 Å². The third kappa shape index (κ3) is 5.71. The van der Waals surface area contributed by atoms with Crippen molar-refractivity contribution in [3.63, 3.8) is 0 Å². The van der Waals surface area contributed by atoms with Crippen LogP contribution >= 0.6 is 0 Å². The van der Waals surface area contributed by atoms with Crippen LogP contribution in [0, 0.1) is 11.7 Å². The maximum atomic E-state index is 12.9. The molecule has 1 saturated heterocycles. The second-order valence-corrected chi connectivity index (χ2v) is 5.81. The van der Waals surface area contributed by atoms with Gasteiger partial charge in [-0.1, -0.05) is 12.1 Å². The summed E-state index contributed by atoms with van der Waals surface area (Å²) < 4.78 is 12.9. The summed E-state index contributed by atoms with van der Waals surface area (Å²) in [6, 6.07) is 6.88. The first-order chi connectivity index (χ1) is 10.1. The van der Waals surface area contributed by atoms with Crippen LogP contribution < -0.4 is 16.4 Å². The molecule has 1 aliphatic heterocycles. The largest absolute Gasteiger partial charge is 0.352 e. The summed E-state index contributed by atoms with van der Waals surface area (Å²) in [7, 11) is 0. The fourth-order valence-corrected chi connectivity index (χ4v) is 2.91. The molecule has 1 fully saturated rings. The molecule has 0 spiro atoms. The van der Waals surface area contributed by atoms with Crippen LogP contribution in [-0.4, -0.2) is 25.2 Å². The highest BCUT2D eigenvalue weighted by molar-refractivity contribution is 5.71. The number of nitrogens with two attached hydrogens (primary N) is 1. The first-order valence-corrected chi connectivity index (χ1v) is 7.64. The number of rotatable bonds is 6. The predicted octanol–water partition coefficient (Wildman–Crippen LogP) is 2.18. The van der Waals surface area contributed by atoms with E-state index in [-0.39, 0.29) is 5.82 Å². The lowest BCUT2D eigenvalue weighted by atomic mass is 9.88. The van der Waals surface area contributed by atoms with Gasteiger partial charge in [-0.2, -0.15) is 0 Å². The normalized spacial score (nSPS) is 22.0. The number of benzene rings is 1. The molecule has 0 saturated carbocycles. The van der Waals surface area contributed by atoms with Gasteiger partial charge in [0.1, 0.15) is 5.82 Å². The second kappa shape index (κ2) is 7.98. The molecule has 2 rings (SSSR count). The van der Waals surface area contributed by atoms with Crippen molar-refractivity contribution in [2.24, 2.45) is 11.7 Å². The molecule has 5 heteroatoms. The highest BCUT2D eigenvalue weighted by Gasteiger charge is 2.20. The molecule has 0 bridgehead atoms. The molecule has 2 unspecified atom stereocenters. The Kier molecular flexibility index (Phi) is 5.99. The van der Waals surface area contributed by atoms with Crippen molar-refractivity contribution < 1.29 is 9.18 Å². The summed E-state index contributed by atoms with van der Waals surface area (Å²) in [6.45, 7) is 1.65. The van der Waals surface area contributed by atoms with Crippen LogP contribution in [0.15, 0.2) is 24.3 Å². The van der Waals surface area contributed by atoms with Gasteiger partial charge in [-0.05, 0) is 62.3 Å². The maximum Gasteiger partial charge on any atom is 0.312 e. The Bertz CT molecular complexity index is 441. The quantitative estimate of drug-likeness (QED) is 0.704. The monoisotopic (exact) mass is 293 g/mol. The van der Waals surface area contributed by atoms with Crippen LogP contribution in [0.1, 0.15) is 31.2 Å². The average Bonchev–Trinajstić information content (AvgIpc) is 2.47. The van der Waals surface area contributed by atoms with E-state index < -0.39 is 6.03 Å². The van der Waals surface area contributed by atoms with Gasteiger partial charge in [-0.25, -0.2) is 9.18 Å². The molecular weight excluding hydrogens is 269 g/mol. The summed E-state index contributed by atoms with van der Waals surface area (Å²) in [5, 5.41) is 6.18. The van der Waals surface area contributed by atoms with Crippen LogP contribution in [-0.2, 0) is 6.42 Å². The highest BCUT2D eigenvalue weighted by Crippen LogP contribution is 2.21. The molecular formula is C16H24FN3O. The number of hydrogen-bond donors (Lipinski definition) is 3. The first kappa shape index (κ1) is 15.8. The molecule has 1 aliphatic rings. The molecule has 116 valence electrons. The van der Waals surface area contributed by atoms with E-state index in [2.05, 4.69) is 10.6 Å². The van der Waals surface area contributed by atoms with Crippen LogP contribution in [0.3, 0.4) is 0 Å². The fraction of sp³-hybridized carbons (Fsp3) is 0.562. The van der Waals surface area contributed by atoms with E-state index in [1.807, 2.05) is 12.1 Å². The van der Waals surface area contributed by atoms with Crippen LogP contribution in [0.2, 0.25) is 0 Å². The Hall–Kier alpha value is -1.62. The van der Waals surface area contributed by atoms with Gasteiger partial charge in [-0.15, -0.1) is 0 Å². The fourth-order valence-electron chi connectivity index (χ4n) is 2.91. The van der Waals surface area contributed by atoms with Crippen molar-refractivity contribution in [1.29, 1.82) is 0 Å². The zero-order valence-electron chi connectivity index (χ0n) is 12.3. The Morgan fingerprint density at radius 2 is 2.10 bits per heavy atom. The highest BCUT2D eigenvalue weighted by atomic mass is 19.1. The topological polar surface area (TPSA) is 67.2 Å². The van der Waals surface area contributed by atoms with E-state index in [0.717, 1.165) is 32.2 Å². The standard InChI is InChI=1S/C16H24FN3O/c17-14-6-3-12(4-7-14)10-13-5-8-15(20-11-13)2-1-9-19-16(18)21/h3-4,6-7,13,15,20H,1-2,5,8-11H2,(H3,18,19,21). The van der Waals surface area contributed by atoms with Crippen molar-refractivity contribution in [3.8, 4) is 0 Å². The van der Waals surface area contributed by atoms with Crippen molar-refractivity contribution in [1.82, 2.24) is 10.6 Å². The van der Waals surface area contributed by atoms with Gasteiger partial charge < -0.3 is 16.4 Å².